The van der Waals surface area contributed by atoms with Crippen LogP contribution in [-0.4, -0.2) is 34.7 Å². The molecule has 0 aliphatic heterocycles. The Balaban J connectivity index is 1.98. The average Bonchev–Trinajstić information content (AvgIpc) is 3.08. The minimum absolute atomic E-state index is 0.129. The molecule has 1 amide bonds. The van der Waals surface area contributed by atoms with Gasteiger partial charge in [0.25, 0.3) is 11.6 Å². The SMILES string of the molecule is COc1cc(C(=O)Nc2ccn3nccc3c2)c([N+](=O)[O-])cc1OC. The Morgan fingerprint density at radius 1 is 1.20 bits per heavy atom. The van der Waals surface area contributed by atoms with Gasteiger partial charge in [0.1, 0.15) is 5.56 Å². The Bertz CT molecular complexity index is 966. The van der Waals surface area contributed by atoms with Gasteiger partial charge in [-0.1, -0.05) is 0 Å². The lowest BCUT2D eigenvalue weighted by atomic mass is 10.1. The van der Waals surface area contributed by atoms with Crippen LogP contribution in [0.3, 0.4) is 0 Å². The molecular formula is C16H14N4O5. The number of methoxy groups -OCH3 is 2. The molecule has 0 saturated carbocycles. The van der Waals surface area contributed by atoms with Crippen LogP contribution in [0.15, 0.2) is 42.7 Å². The zero-order valence-corrected chi connectivity index (χ0v) is 13.4. The van der Waals surface area contributed by atoms with E-state index in [1.54, 1.807) is 35.1 Å². The predicted molar refractivity (Wildman–Crippen MR) is 89.3 cm³/mol. The molecule has 25 heavy (non-hydrogen) atoms. The lowest BCUT2D eigenvalue weighted by Gasteiger charge is -2.11. The van der Waals surface area contributed by atoms with Crippen molar-refractivity contribution in [3.8, 4) is 11.5 Å². The molecule has 1 N–H and O–H groups in total. The smallest absolute Gasteiger partial charge is 0.286 e. The highest BCUT2D eigenvalue weighted by Gasteiger charge is 2.24. The number of benzene rings is 1. The molecule has 0 fully saturated rings. The van der Waals surface area contributed by atoms with E-state index in [1.807, 2.05) is 0 Å². The number of nitro benzene ring substituents is 1. The lowest BCUT2D eigenvalue weighted by molar-refractivity contribution is -0.385. The van der Waals surface area contributed by atoms with E-state index in [0.29, 0.717) is 5.69 Å². The standard InChI is InChI=1S/C16H14N4O5/c1-24-14-8-12(13(20(22)23)9-15(14)25-2)16(21)18-10-4-6-19-11(7-10)3-5-17-19/h3-9H,1-2H3,(H,18,21). The number of anilines is 1. The van der Waals surface area contributed by atoms with Gasteiger partial charge in [-0.05, 0) is 18.2 Å². The fourth-order valence-corrected chi connectivity index (χ4v) is 2.40. The molecular weight excluding hydrogens is 328 g/mol. The zero-order chi connectivity index (χ0) is 18.0. The van der Waals surface area contributed by atoms with E-state index in [0.717, 1.165) is 11.6 Å². The molecule has 0 aliphatic rings. The van der Waals surface area contributed by atoms with Crippen LogP contribution >= 0.6 is 0 Å². The van der Waals surface area contributed by atoms with Crippen molar-refractivity contribution in [3.63, 3.8) is 0 Å². The van der Waals surface area contributed by atoms with E-state index in [-0.39, 0.29) is 22.7 Å². The number of pyridine rings is 1. The molecule has 0 bridgehead atoms. The molecule has 9 nitrogen and oxygen atoms in total. The van der Waals surface area contributed by atoms with Crippen LogP contribution in [0, 0.1) is 10.1 Å². The highest BCUT2D eigenvalue weighted by molar-refractivity contribution is 6.07. The summed E-state index contributed by atoms with van der Waals surface area (Å²) in [6.07, 6.45) is 3.30. The van der Waals surface area contributed by atoms with Crippen LogP contribution in [0.1, 0.15) is 10.4 Å². The van der Waals surface area contributed by atoms with Gasteiger partial charge in [0.15, 0.2) is 11.5 Å². The minimum atomic E-state index is -0.642. The van der Waals surface area contributed by atoms with Crippen LogP contribution in [0.5, 0.6) is 11.5 Å². The van der Waals surface area contributed by atoms with Crippen molar-refractivity contribution in [1.29, 1.82) is 0 Å². The number of carbonyl (C=O) groups excluding carboxylic acids is 1. The van der Waals surface area contributed by atoms with Crippen molar-refractivity contribution < 1.29 is 19.2 Å². The normalized spacial score (nSPS) is 10.5. The van der Waals surface area contributed by atoms with Gasteiger partial charge >= 0.3 is 0 Å². The summed E-state index contributed by atoms with van der Waals surface area (Å²) in [5, 5.41) is 18.0. The average molecular weight is 342 g/mol. The number of aromatic nitrogens is 2. The van der Waals surface area contributed by atoms with Gasteiger partial charge in [0.2, 0.25) is 0 Å². The second kappa shape index (κ2) is 6.48. The van der Waals surface area contributed by atoms with Crippen LogP contribution in [0.25, 0.3) is 5.52 Å². The molecule has 1 aromatic carbocycles. The summed E-state index contributed by atoms with van der Waals surface area (Å²) in [5.74, 6) is -0.229. The molecule has 0 aliphatic carbocycles. The van der Waals surface area contributed by atoms with Gasteiger partial charge in [0.05, 0.1) is 30.7 Å². The van der Waals surface area contributed by atoms with Gasteiger partial charge in [-0.2, -0.15) is 5.10 Å². The fraction of sp³-hybridized carbons (Fsp3) is 0.125. The number of nitrogens with zero attached hydrogens (tertiary/aromatic N) is 3. The van der Waals surface area contributed by atoms with Gasteiger partial charge in [-0.25, -0.2) is 4.52 Å². The highest BCUT2D eigenvalue weighted by atomic mass is 16.6. The molecule has 0 radical (unpaired) electrons. The van der Waals surface area contributed by atoms with Crippen LogP contribution in [0.4, 0.5) is 11.4 Å². The number of carbonyl (C=O) groups is 1. The zero-order valence-electron chi connectivity index (χ0n) is 13.4. The maximum atomic E-state index is 12.5. The topological polar surface area (TPSA) is 108 Å². The molecule has 2 aromatic heterocycles. The van der Waals surface area contributed by atoms with Gasteiger partial charge in [0, 0.05) is 24.1 Å². The maximum absolute atomic E-state index is 12.5. The summed E-state index contributed by atoms with van der Waals surface area (Å²) in [6, 6.07) is 7.56. The molecule has 2 heterocycles. The van der Waals surface area contributed by atoms with Crippen LogP contribution in [0.2, 0.25) is 0 Å². The Labute approximate surface area is 141 Å². The van der Waals surface area contributed by atoms with Crippen molar-refractivity contribution in [2.75, 3.05) is 19.5 Å². The van der Waals surface area contributed by atoms with Crippen molar-refractivity contribution >= 4 is 22.8 Å². The largest absolute Gasteiger partial charge is 0.493 e. The predicted octanol–water partition coefficient (Wildman–Crippen LogP) is 2.51. The number of ether oxygens (including phenoxy) is 2. The van der Waals surface area contributed by atoms with E-state index in [2.05, 4.69) is 10.4 Å². The Kier molecular flexibility index (Phi) is 4.21. The Morgan fingerprint density at radius 2 is 1.92 bits per heavy atom. The molecule has 0 saturated heterocycles. The molecule has 3 rings (SSSR count). The van der Waals surface area contributed by atoms with Crippen molar-refractivity contribution in [3.05, 3.63) is 58.4 Å². The first-order chi connectivity index (χ1) is 12.0. The summed E-state index contributed by atoms with van der Waals surface area (Å²) < 4.78 is 11.8. The first-order valence-electron chi connectivity index (χ1n) is 7.18. The number of hydrogen-bond donors (Lipinski definition) is 1. The number of nitro groups is 1. The highest BCUT2D eigenvalue weighted by Crippen LogP contribution is 2.34. The van der Waals surface area contributed by atoms with Crippen LogP contribution in [-0.2, 0) is 0 Å². The van der Waals surface area contributed by atoms with E-state index in [9.17, 15) is 14.9 Å². The van der Waals surface area contributed by atoms with Gasteiger partial charge in [-0.15, -0.1) is 0 Å². The number of rotatable bonds is 5. The van der Waals surface area contributed by atoms with Gasteiger partial charge < -0.3 is 14.8 Å². The first-order valence-corrected chi connectivity index (χ1v) is 7.18. The Hall–Kier alpha value is -3.62. The Morgan fingerprint density at radius 3 is 2.60 bits per heavy atom. The van der Waals surface area contributed by atoms with Crippen molar-refractivity contribution in [2.45, 2.75) is 0 Å². The van der Waals surface area contributed by atoms with E-state index < -0.39 is 10.8 Å². The quantitative estimate of drug-likeness (QED) is 0.564. The number of hydrogen-bond acceptors (Lipinski definition) is 6. The molecule has 9 heteroatoms. The summed E-state index contributed by atoms with van der Waals surface area (Å²) >= 11 is 0. The third-order valence-electron chi connectivity index (χ3n) is 3.60. The summed E-state index contributed by atoms with van der Waals surface area (Å²) in [7, 11) is 2.75. The summed E-state index contributed by atoms with van der Waals surface area (Å²) in [5.41, 5.74) is 0.762. The lowest BCUT2D eigenvalue weighted by Crippen LogP contribution is -2.14. The number of nitrogens with one attached hydrogen (secondary N) is 1. The second-order valence-corrected chi connectivity index (χ2v) is 5.05. The third-order valence-corrected chi connectivity index (χ3v) is 3.60. The summed E-state index contributed by atoms with van der Waals surface area (Å²) in [4.78, 5) is 23.2. The maximum Gasteiger partial charge on any atom is 0.286 e. The molecule has 0 spiro atoms. The molecule has 3 aromatic rings. The number of amides is 1. The molecule has 0 unspecified atom stereocenters. The molecule has 0 atom stereocenters. The van der Waals surface area contributed by atoms with E-state index in [1.165, 1.54) is 20.3 Å². The van der Waals surface area contributed by atoms with Crippen LogP contribution < -0.4 is 14.8 Å². The minimum Gasteiger partial charge on any atom is -0.493 e. The number of fused-ring (bicyclic) bond motifs is 1. The second-order valence-electron chi connectivity index (χ2n) is 5.05. The van der Waals surface area contributed by atoms with E-state index in [4.69, 9.17) is 9.47 Å². The monoisotopic (exact) mass is 342 g/mol. The third kappa shape index (κ3) is 3.07. The first kappa shape index (κ1) is 16.2. The van der Waals surface area contributed by atoms with Gasteiger partial charge in [-0.3, -0.25) is 14.9 Å². The van der Waals surface area contributed by atoms with E-state index >= 15 is 0 Å². The summed E-state index contributed by atoms with van der Waals surface area (Å²) in [6.45, 7) is 0. The van der Waals surface area contributed by atoms with Crippen molar-refractivity contribution in [2.24, 2.45) is 0 Å². The van der Waals surface area contributed by atoms with Crippen molar-refractivity contribution in [1.82, 2.24) is 9.61 Å². The molecule has 128 valence electrons. The fourth-order valence-electron chi connectivity index (χ4n) is 2.40.